The number of carbonyl (C=O) groups excluding carboxylic acids is 4. The summed E-state index contributed by atoms with van der Waals surface area (Å²) >= 11 is 0. The Kier molecular flexibility index (Phi) is 13.8. The van der Waals surface area contributed by atoms with Gasteiger partial charge in [-0.25, -0.2) is 0 Å². The van der Waals surface area contributed by atoms with Crippen molar-refractivity contribution in [1.29, 1.82) is 0 Å². The molecule has 0 bridgehead atoms. The summed E-state index contributed by atoms with van der Waals surface area (Å²) in [6.07, 6.45) is 13.0. The van der Waals surface area contributed by atoms with Crippen molar-refractivity contribution >= 4 is 23.9 Å². The highest BCUT2D eigenvalue weighted by Gasteiger charge is 2.52. The Labute approximate surface area is 313 Å². The van der Waals surface area contributed by atoms with E-state index in [1.54, 1.807) is 0 Å². The van der Waals surface area contributed by atoms with Crippen LogP contribution in [-0.4, -0.2) is 62.5 Å². The van der Waals surface area contributed by atoms with E-state index < -0.39 is 0 Å². The maximum atomic E-state index is 11.5. The summed E-state index contributed by atoms with van der Waals surface area (Å²) in [7, 11) is 2.82. The number of carbonyl (C=O) groups is 4. The largest absolute Gasteiger partial charge is 0.489 e. The van der Waals surface area contributed by atoms with Crippen molar-refractivity contribution in [2.45, 2.75) is 121 Å². The fourth-order valence-electron chi connectivity index (χ4n) is 8.64. The molecular weight excluding hydrogens is 676 g/mol. The highest BCUT2D eigenvalue weighted by molar-refractivity contribution is 5.69. The van der Waals surface area contributed by atoms with Crippen molar-refractivity contribution in [1.82, 2.24) is 0 Å². The van der Waals surface area contributed by atoms with Gasteiger partial charge in [0, 0.05) is 74.3 Å². The van der Waals surface area contributed by atoms with Crippen LogP contribution in [0.2, 0.25) is 0 Å². The van der Waals surface area contributed by atoms with E-state index in [0.717, 1.165) is 61.2 Å². The Morgan fingerprint density at radius 2 is 1.28 bits per heavy atom. The Morgan fingerprint density at radius 3 is 1.79 bits per heavy atom. The molecule has 0 aromatic heterocycles. The Morgan fingerprint density at radius 1 is 0.774 bits per heavy atom. The zero-order valence-electron chi connectivity index (χ0n) is 31.7. The first-order valence-corrected chi connectivity index (χ1v) is 18.9. The standard InChI is InChI=1S/C22H28O5.C21H26O5/c1-4-5-10-16-18(26-14(2)23)13-19-21(16)17-11-6-8-15(22(17)27-19)9-7-12-20(24)25-3;1-4-7-15-17(25-13(2)22)12-18-20(15)16-10-5-8-14(21(16)26-18)9-6-11-19(23)24-3/h5-6,8,10-11,16,18-19,21H,4,7,9,12-13H2,1-3H3;4-5,8,10,15,17-18,20H,1,6-7,9,11-12H2,2-3H3/b10-5+;. The van der Waals surface area contributed by atoms with E-state index in [1.807, 2.05) is 12.1 Å². The molecule has 10 nitrogen and oxygen atoms in total. The highest BCUT2D eigenvalue weighted by atomic mass is 16.6. The molecule has 6 rings (SSSR count). The third kappa shape index (κ3) is 9.32. The molecule has 2 saturated carbocycles. The van der Waals surface area contributed by atoms with E-state index in [2.05, 4.69) is 56.0 Å². The van der Waals surface area contributed by atoms with Gasteiger partial charge in [0.2, 0.25) is 0 Å². The number of methoxy groups -OCH3 is 2. The zero-order valence-corrected chi connectivity index (χ0v) is 31.7. The SMILES string of the molecule is C=CCC1C(OC(C)=O)CC2Oc3c(CCCC(=O)OC)cccc3C21.CC/C=C/C1C(OC(C)=O)CC2Oc3c(CCCC(=O)OC)cccc3C21. The van der Waals surface area contributed by atoms with Gasteiger partial charge in [0.25, 0.3) is 0 Å². The minimum Gasteiger partial charge on any atom is -0.489 e. The molecule has 2 aromatic carbocycles. The minimum atomic E-state index is -0.249. The van der Waals surface area contributed by atoms with E-state index >= 15 is 0 Å². The van der Waals surface area contributed by atoms with Gasteiger partial charge in [0.15, 0.2) is 0 Å². The van der Waals surface area contributed by atoms with Crippen LogP contribution in [0.4, 0.5) is 0 Å². The Balaban J connectivity index is 0.000000204. The van der Waals surface area contributed by atoms with E-state index in [4.69, 9.17) is 28.4 Å². The van der Waals surface area contributed by atoms with Gasteiger partial charge >= 0.3 is 23.9 Å². The molecule has 2 fully saturated rings. The first kappa shape index (κ1) is 39.6. The number of benzene rings is 2. The molecular formula is C43H54O10. The van der Waals surface area contributed by atoms with Gasteiger partial charge in [0.1, 0.15) is 35.9 Å². The van der Waals surface area contributed by atoms with Gasteiger partial charge < -0.3 is 28.4 Å². The number of esters is 4. The molecule has 286 valence electrons. The number of para-hydroxylation sites is 2. The summed E-state index contributed by atoms with van der Waals surface area (Å²) in [5, 5.41) is 0. The van der Waals surface area contributed by atoms with Crippen LogP contribution in [0.15, 0.2) is 61.2 Å². The molecule has 2 heterocycles. The van der Waals surface area contributed by atoms with Crippen LogP contribution in [0.5, 0.6) is 11.5 Å². The van der Waals surface area contributed by atoms with Gasteiger partial charge in [-0.2, -0.15) is 0 Å². The summed E-state index contributed by atoms with van der Waals surface area (Å²) in [5.74, 6) is 1.77. The normalized spacial score (nSPS) is 25.8. The lowest BCUT2D eigenvalue weighted by Gasteiger charge is -2.22. The maximum Gasteiger partial charge on any atom is 0.305 e. The van der Waals surface area contributed by atoms with Crippen molar-refractivity contribution in [3.63, 3.8) is 0 Å². The fourth-order valence-corrected chi connectivity index (χ4v) is 8.64. The van der Waals surface area contributed by atoms with Crippen molar-refractivity contribution < 1.29 is 47.6 Å². The quantitative estimate of drug-likeness (QED) is 0.110. The second-order valence-electron chi connectivity index (χ2n) is 14.3. The predicted octanol–water partition coefficient (Wildman–Crippen LogP) is 7.50. The molecule has 2 aliphatic heterocycles. The topological polar surface area (TPSA) is 124 Å². The van der Waals surface area contributed by atoms with E-state index in [0.29, 0.717) is 25.7 Å². The van der Waals surface area contributed by atoms with Crippen molar-refractivity contribution in [2.24, 2.45) is 11.8 Å². The number of fused-ring (bicyclic) bond motifs is 6. The lowest BCUT2D eigenvalue weighted by atomic mass is 9.85. The predicted molar refractivity (Wildman–Crippen MR) is 199 cm³/mol. The molecule has 0 spiro atoms. The number of ether oxygens (including phenoxy) is 6. The molecule has 8 unspecified atom stereocenters. The zero-order chi connectivity index (χ0) is 38.1. The Bertz CT molecular complexity index is 1660. The summed E-state index contributed by atoms with van der Waals surface area (Å²) in [5.41, 5.74) is 4.64. The number of rotatable bonds is 14. The van der Waals surface area contributed by atoms with Crippen LogP contribution in [0, 0.1) is 11.8 Å². The fraction of sp³-hybridized carbons (Fsp3) is 0.535. The molecule has 8 atom stereocenters. The van der Waals surface area contributed by atoms with Crippen LogP contribution in [0.1, 0.15) is 106 Å². The molecule has 10 heteroatoms. The van der Waals surface area contributed by atoms with Crippen LogP contribution in [0.3, 0.4) is 0 Å². The molecule has 2 aromatic rings. The molecule has 53 heavy (non-hydrogen) atoms. The third-order valence-corrected chi connectivity index (χ3v) is 10.8. The average molecular weight is 731 g/mol. The van der Waals surface area contributed by atoms with Crippen molar-refractivity contribution in [3.8, 4) is 11.5 Å². The molecule has 0 N–H and O–H groups in total. The lowest BCUT2D eigenvalue weighted by Crippen LogP contribution is -2.23. The number of allylic oxidation sites excluding steroid dienone is 2. The van der Waals surface area contributed by atoms with Crippen molar-refractivity contribution in [3.05, 3.63) is 83.5 Å². The van der Waals surface area contributed by atoms with Gasteiger partial charge in [-0.3, -0.25) is 19.2 Å². The second-order valence-corrected chi connectivity index (χ2v) is 14.3. The number of hydrogen-bond donors (Lipinski definition) is 0. The van der Waals surface area contributed by atoms with Crippen LogP contribution < -0.4 is 9.47 Å². The molecule has 2 aliphatic carbocycles. The average Bonchev–Trinajstić information content (AvgIpc) is 3.86. The summed E-state index contributed by atoms with van der Waals surface area (Å²) < 4.78 is 33.2. The summed E-state index contributed by atoms with van der Waals surface area (Å²) in [4.78, 5) is 45.6. The maximum absolute atomic E-state index is 11.5. The lowest BCUT2D eigenvalue weighted by molar-refractivity contribution is -0.149. The molecule has 0 amide bonds. The van der Waals surface area contributed by atoms with Crippen LogP contribution >= 0.6 is 0 Å². The number of hydrogen-bond acceptors (Lipinski definition) is 10. The van der Waals surface area contributed by atoms with Gasteiger partial charge in [-0.05, 0) is 49.7 Å². The highest BCUT2D eigenvalue weighted by Crippen LogP contribution is 2.54. The monoisotopic (exact) mass is 730 g/mol. The number of aryl methyl sites for hydroxylation is 2. The molecule has 0 saturated heterocycles. The van der Waals surface area contributed by atoms with E-state index in [-0.39, 0.29) is 72.0 Å². The van der Waals surface area contributed by atoms with Crippen LogP contribution in [0.25, 0.3) is 0 Å². The first-order valence-electron chi connectivity index (χ1n) is 18.9. The van der Waals surface area contributed by atoms with Gasteiger partial charge in [0.05, 0.1) is 14.2 Å². The summed E-state index contributed by atoms with van der Waals surface area (Å²) in [6.45, 7) is 8.88. The summed E-state index contributed by atoms with van der Waals surface area (Å²) in [6, 6.07) is 12.4. The molecule has 0 radical (unpaired) electrons. The second kappa shape index (κ2) is 18.4. The smallest absolute Gasteiger partial charge is 0.305 e. The van der Waals surface area contributed by atoms with E-state index in [9.17, 15) is 19.2 Å². The first-order chi connectivity index (χ1) is 25.6. The van der Waals surface area contributed by atoms with Crippen LogP contribution in [-0.2, 0) is 51.0 Å². The van der Waals surface area contributed by atoms with Gasteiger partial charge in [-0.15, -0.1) is 6.58 Å². The van der Waals surface area contributed by atoms with E-state index in [1.165, 1.54) is 39.2 Å². The minimum absolute atomic E-state index is 0.0256. The third-order valence-electron chi connectivity index (χ3n) is 10.8. The Hall–Kier alpha value is -4.60. The molecule has 4 aliphatic rings. The van der Waals surface area contributed by atoms with Gasteiger partial charge in [-0.1, -0.05) is 61.5 Å². The van der Waals surface area contributed by atoms with Crippen molar-refractivity contribution in [2.75, 3.05) is 14.2 Å².